The lowest BCUT2D eigenvalue weighted by atomic mass is 10.2. The van der Waals surface area contributed by atoms with Crippen molar-refractivity contribution in [3.8, 4) is 6.01 Å². The van der Waals surface area contributed by atoms with E-state index < -0.39 is 0 Å². The Balaban J connectivity index is 2.35. The average Bonchev–Trinajstić information content (AvgIpc) is 2.42. The van der Waals surface area contributed by atoms with Gasteiger partial charge < -0.3 is 10.1 Å². The first-order valence-corrected chi connectivity index (χ1v) is 6.79. The quantitative estimate of drug-likeness (QED) is 0.577. The van der Waals surface area contributed by atoms with E-state index in [9.17, 15) is 0 Å². The van der Waals surface area contributed by atoms with E-state index in [2.05, 4.69) is 25.7 Å². The lowest BCUT2D eigenvalue weighted by Gasteiger charge is -2.13. The van der Waals surface area contributed by atoms with E-state index in [1.165, 1.54) is 0 Å². The smallest absolute Gasteiger partial charge is 0.323 e. The predicted molar refractivity (Wildman–Crippen MR) is 82.9 cm³/mol. The van der Waals surface area contributed by atoms with Gasteiger partial charge in [-0.15, -0.1) is 0 Å². The zero-order chi connectivity index (χ0) is 15.4. The Morgan fingerprint density at radius 1 is 1.19 bits per heavy atom. The molecule has 0 aliphatic carbocycles. The summed E-state index contributed by atoms with van der Waals surface area (Å²) in [6, 6.07) is 5.77. The lowest BCUT2D eigenvalue weighted by Crippen LogP contribution is -2.15. The van der Waals surface area contributed by atoms with Crippen molar-refractivity contribution < 1.29 is 4.74 Å². The second kappa shape index (κ2) is 6.55. The van der Waals surface area contributed by atoms with E-state index in [-0.39, 0.29) is 18.1 Å². The van der Waals surface area contributed by atoms with Crippen LogP contribution in [0.5, 0.6) is 6.01 Å². The SMILES string of the molecule is Cc1cccc(Cl)c1Nc1nc(NN)nc(OC(C)C)n1. The number of hydrogen-bond donors (Lipinski definition) is 3. The molecule has 21 heavy (non-hydrogen) atoms. The molecule has 0 radical (unpaired) electrons. The van der Waals surface area contributed by atoms with Gasteiger partial charge in [-0.3, -0.25) is 5.43 Å². The third kappa shape index (κ3) is 3.93. The van der Waals surface area contributed by atoms with Gasteiger partial charge in [0.2, 0.25) is 11.9 Å². The lowest BCUT2D eigenvalue weighted by molar-refractivity contribution is 0.222. The van der Waals surface area contributed by atoms with Crippen LogP contribution in [-0.4, -0.2) is 21.1 Å². The Hall–Kier alpha value is -2.12. The molecule has 0 saturated heterocycles. The monoisotopic (exact) mass is 308 g/mol. The average molecular weight is 309 g/mol. The van der Waals surface area contributed by atoms with Gasteiger partial charge in [-0.1, -0.05) is 23.7 Å². The second-order valence-corrected chi connectivity index (χ2v) is 5.04. The van der Waals surface area contributed by atoms with Gasteiger partial charge in [0.25, 0.3) is 0 Å². The Morgan fingerprint density at radius 3 is 2.52 bits per heavy atom. The molecule has 0 bridgehead atoms. The first kappa shape index (κ1) is 15.3. The van der Waals surface area contributed by atoms with E-state index in [0.717, 1.165) is 11.3 Å². The van der Waals surface area contributed by atoms with Gasteiger partial charge in [0.05, 0.1) is 16.8 Å². The van der Waals surface area contributed by atoms with Crippen LogP contribution in [0.3, 0.4) is 0 Å². The largest absolute Gasteiger partial charge is 0.461 e. The fraction of sp³-hybridized carbons (Fsp3) is 0.308. The highest BCUT2D eigenvalue weighted by molar-refractivity contribution is 6.33. The molecule has 7 nitrogen and oxygen atoms in total. The van der Waals surface area contributed by atoms with Crippen molar-refractivity contribution in [3.63, 3.8) is 0 Å². The molecule has 4 N–H and O–H groups in total. The molecule has 0 aliphatic rings. The molecule has 8 heteroatoms. The molecule has 1 aromatic carbocycles. The van der Waals surface area contributed by atoms with Crippen molar-refractivity contribution in [2.75, 3.05) is 10.7 Å². The molecule has 2 rings (SSSR count). The molecule has 2 aromatic rings. The Bertz CT molecular complexity index is 614. The summed E-state index contributed by atoms with van der Waals surface area (Å²) in [4.78, 5) is 12.3. The van der Waals surface area contributed by atoms with Gasteiger partial charge in [0, 0.05) is 0 Å². The zero-order valence-electron chi connectivity index (χ0n) is 12.0. The van der Waals surface area contributed by atoms with Crippen LogP contribution in [0.25, 0.3) is 0 Å². The standard InChI is InChI=1S/C13H17ClN6O/c1-7(2)21-13-18-11(17-12(19-13)20-15)16-10-8(3)5-4-6-9(10)14/h4-7H,15H2,1-3H3,(H2,16,17,18,19,20). The molecule has 112 valence electrons. The van der Waals surface area contributed by atoms with E-state index in [1.54, 1.807) is 6.07 Å². The first-order chi connectivity index (χ1) is 9.99. The van der Waals surface area contributed by atoms with Gasteiger partial charge in [-0.25, -0.2) is 5.84 Å². The minimum atomic E-state index is -0.0621. The van der Waals surface area contributed by atoms with E-state index >= 15 is 0 Å². The minimum Gasteiger partial charge on any atom is -0.461 e. The number of nitrogens with zero attached hydrogens (tertiary/aromatic N) is 3. The van der Waals surface area contributed by atoms with Crippen LogP contribution in [0, 0.1) is 6.92 Å². The maximum absolute atomic E-state index is 6.17. The Labute approximate surface area is 127 Å². The number of anilines is 3. The number of benzene rings is 1. The predicted octanol–water partition coefficient (Wildman–Crippen LogP) is 2.65. The summed E-state index contributed by atoms with van der Waals surface area (Å²) >= 11 is 6.17. The van der Waals surface area contributed by atoms with Crippen LogP contribution in [0.1, 0.15) is 19.4 Å². The normalized spacial score (nSPS) is 10.6. The first-order valence-electron chi connectivity index (χ1n) is 6.41. The van der Waals surface area contributed by atoms with Crippen molar-refractivity contribution >= 4 is 29.2 Å². The summed E-state index contributed by atoms with van der Waals surface area (Å²) in [5.74, 6) is 5.86. The van der Waals surface area contributed by atoms with Crippen molar-refractivity contribution in [1.82, 2.24) is 15.0 Å². The Kier molecular flexibility index (Phi) is 4.77. The fourth-order valence-electron chi connectivity index (χ4n) is 1.64. The van der Waals surface area contributed by atoms with Gasteiger partial charge in [0.1, 0.15) is 0 Å². The van der Waals surface area contributed by atoms with E-state index in [4.69, 9.17) is 22.2 Å². The van der Waals surface area contributed by atoms with Crippen LogP contribution in [0.15, 0.2) is 18.2 Å². The summed E-state index contributed by atoms with van der Waals surface area (Å²) in [7, 11) is 0. The highest BCUT2D eigenvalue weighted by atomic mass is 35.5. The second-order valence-electron chi connectivity index (χ2n) is 4.63. The topological polar surface area (TPSA) is 98.0 Å². The van der Waals surface area contributed by atoms with Crippen LogP contribution in [0.4, 0.5) is 17.6 Å². The highest BCUT2D eigenvalue weighted by Crippen LogP contribution is 2.28. The molecular formula is C13H17ClN6O. The zero-order valence-corrected chi connectivity index (χ0v) is 12.8. The number of hydrazine groups is 1. The molecule has 0 atom stereocenters. The highest BCUT2D eigenvalue weighted by Gasteiger charge is 2.11. The molecule has 0 unspecified atom stereocenters. The van der Waals surface area contributed by atoms with Crippen LogP contribution >= 0.6 is 11.6 Å². The summed E-state index contributed by atoms with van der Waals surface area (Å²) in [5.41, 5.74) is 4.08. The molecular weight excluding hydrogens is 292 g/mol. The number of ether oxygens (including phenoxy) is 1. The summed E-state index contributed by atoms with van der Waals surface area (Å²) in [6.07, 6.45) is -0.0621. The number of aromatic nitrogens is 3. The minimum absolute atomic E-state index is 0.0621. The maximum Gasteiger partial charge on any atom is 0.323 e. The van der Waals surface area contributed by atoms with Gasteiger partial charge in [-0.2, -0.15) is 15.0 Å². The van der Waals surface area contributed by atoms with Gasteiger partial charge >= 0.3 is 6.01 Å². The summed E-state index contributed by atoms with van der Waals surface area (Å²) < 4.78 is 5.46. The van der Waals surface area contributed by atoms with Crippen molar-refractivity contribution in [2.24, 2.45) is 5.84 Å². The van der Waals surface area contributed by atoms with Crippen LogP contribution < -0.4 is 21.3 Å². The number of nitrogens with two attached hydrogens (primary N) is 1. The summed E-state index contributed by atoms with van der Waals surface area (Å²) in [6.45, 7) is 5.69. The number of hydrogen-bond acceptors (Lipinski definition) is 7. The van der Waals surface area contributed by atoms with Crippen molar-refractivity contribution in [2.45, 2.75) is 26.9 Å². The summed E-state index contributed by atoms with van der Waals surface area (Å²) in [5, 5.41) is 3.63. The third-order valence-electron chi connectivity index (χ3n) is 2.54. The van der Waals surface area contributed by atoms with Crippen molar-refractivity contribution in [3.05, 3.63) is 28.8 Å². The molecule has 0 saturated carbocycles. The maximum atomic E-state index is 6.17. The molecule has 1 aromatic heterocycles. The van der Waals surface area contributed by atoms with Gasteiger partial charge in [0.15, 0.2) is 0 Å². The van der Waals surface area contributed by atoms with Crippen molar-refractivity contribution in [1.29, 1.82) is 0 Å². The fourth-order valence-corrected chi connectivity index (χ4v) is 1.91. The number of nitrogens with one attached hydrogen (secondary N) is 2. The molecule has 0 amide bonds. The molecule has 0 aliphatic heterocycles. The number of rotatable bonds is 5. The van der Waals surface area contributed by atoms with E-state index in [0.29, 0.717) is 11.0 Å². The number of halogens is 1. The molecule has 0 spiro atoms. The van der Waals surface area contributed by atoms with Crippen LogP contribution in [-0.2, 0) is 0 Å². The van der Waals surface area contributed by atoms with Crippen LogP contribution in [0.2, 0.25) is 5.02 Å². The number of nitrogen functional groups attached to an aromatic ring is 1. The molecule has 0 fully saturated rings. The number of aryl methyl sites for hydroxylation is 1. The third-order valence-corrected chi connectivity index (χ3v) is 2.86. The van der Waals surface area contributed by atoms with E-state index in [1.807, 2.05) is 32.9 Å². The number of para-hydroxylation sites is 1. The van der Waals surface area contributed by atoms with Gasteiger partial charge in [-0.05, 0) is 32.4 Å². The molecule has 1 heterocycles. The Morgan fingerprint density at radius 2 is 1.90 bits per heavy atom.